The highest BCUT2D eigenvalue weighted by atomic mass is 35.5. The summed E-state index contributed by atoms with van der Waals surface area (Å²) in [5.74, 6) is 0. The fourth-order valence-corrected chi connectivity index (χ4v) is 1.12. The Hall–Kier alpha value is -0.800. The van der Waals surface area contributed by atoms with Gasteiger partial charge in [-0.1, -0.05) is 11.6 Å². The van der Waals surface area contributed by atoms with E-state index in [1.54, 1.807) is 20.1 Å². The van der Waals surface area contributed by atoms with Crippen molar-refractivity contribution in [2.24, 2.45) is 0 Å². The summed E-state index contributed by atoms with van der Waals surface area (Å²) in [4.78, 5) is 13.5. The summed E-state index contributed by atoms with van der Waals surface area (Å²) in [6.07, 6.45) is 0. The first-order valence-corrected chi connectivity index (χ1v) is 3.90. The van der Waals surface area contributed by atoms with Gasteiger partial charge in [0.15, 0.2) is 0 Å². The molecule has 1 aromatic rings. The number of aryl methyl sites for hydroxylation is 1. The van der Waals surface area contributed by atoms with E-state index in [0.717, 1.165) is 5.56 Å². The van der Waals surface area contributed by atoms with Gasteiger partial charge in [-0.15, -0.1) is 0 Å². The molecule has 0 saturated heterocycles. The lowest BCUT2D eigenvalue weighted by Gasteiger charge is -2.02. The molecule has 1 rings (SSSR count). The third-order valence-electron chi connectivity index (χ3n) is 1.55. The second-order valence-electron chi connectivity index (χ2n) is 2.55. The molecule has 4 heteroatoms. The number of ether oxygens (including phenoxy) is 1. The molecule has 1 N–H and O–H groups in total. The molecule has 0 atom stereocenters. The highest BCUT2D eigenvalue weighted by molar-refractivity contribution is 6.30. The first kappa shape index (κ1) is 9.29. The van der Waals surface area contributed by atoms with Crippen molar-refractivity contribution in [2.75, 3.05) is 7.11 Å². The SMILES string of the molecule is COCc1cc(C)c(=O)[nH]c1Cl. The minimum atomic E-state index is -0.153. The van der Waals surface area contributed by atoms with Crippen LogP contribution in [0, 0.1) is 6.92 Å². The van der Waals surface area contributed by atoms with Gasteiger partial charge in [-0.25, -0.2) is 0 Å². The van der Waals surface area contributed by atoms with Crippen LogP contribution in [0.25, 0.3) is 0 Å². The molecule has 12 heavy (non-hydrogen) atoms. The Labute approximate surface area is 75.3 Å². The van der Waals surface area contributed by atoms with Crippen molar-refractivity contribution in [3.05, 3.63) is 32.7 Å². The van der Waals surface area contributed by atoms with Crippen molar-refractivity contribution < 1.29 is 4.74 Å². The minimum absolute atomic E-state index is 0.153. The molecular weight excluding hydrogens is 178 g/mol. The van der Waals surface area contributed by atoms with E-state index in [1.807, 2.05) is 0 Å². The van der Waals surface area contributed by atoms with Crippen LogP contribution in [-0.4, -0.2) is 12.1 Å². The Morgan fingerprint density at radius 3 is 2.92 bits per heavy atom. The Balaban J connectivity index is 3.14. The highest BCUT2D eigenvalue weighted by Crippen LogP contribution is 2.11. The number of halogens is 1. The Kier molecular flexibility index (Phi) is 2.89. The van der Waals surface area contributed by atoms with E-state index in [0.29, 0.717) is 17.3 Å². The zero-order chi connectivity index (χ0) is 9.14. The maximum Gasteiger partial charge on any atom is 0.251 e. The van der Waals surface area contributed by atoms with Crippen molar-refractivity contribution in [2.45, 2.75) is 13.5 Å². The average Bonchev–Trinajstić information content (AvgIpc) is 2.01. The Morgan fingerprint density at radius 1 is 1.67 bits per heavy atom. The van der Waals surface area contributed by atoms with Gasteiger partial charge in [0, 0.05) is 18.2 Å². The van der Waals surface area contributed by atoms with Crippen LogP contribution in [0.15, 0.2) is 10.9 Å². The van der Waals surface area contributed by atoms with Crippen LogP contribution < -0.4 is 5.56 Å². The molecule has 0 unspecified atom stereocenters. The Morgan fingerprint density at radius 2 is 2.33 bits per heavy atom. The molecule has 66 valence electrons. The molecule has 1 heterocycles. The van der Waals surface area contributed by atoms with Gasteiger partial charge in [0.05, 0.1) is 6.61 Å². The smallest absolute Gasteiger partial charge is 0.251 e. The van der Waals surface area contributed by atoms with Gasteiger partial charge in [0.25, 0.3) is 5.56 Å². The molecule has 3 nitrogen and oxygen atoms in total. The maximum absolute atomic E-state index is 11.0. The predicted octanol–water partition coefficient (Wildman–Crippen LogP) is 1.48. The number of rotatable bonds is 2. The van der Waals surface area contributed by atoms with E-state index in [2.05, 4.69) is 4.98 Å². The number of aromatic amines is 1. The first-order chi connectivity index (χ1) is 5.65. The van der Waals surface area contributed by atoms with Gasteiger partial charge < -0.3 is 9.72 Å². The standard InChI is InChI=1S/C8H10ClNO2/c1-5-3-6(4-12-2)7(9)10-8(5)11/h3H,4H2,1-2H3,(H,10,11). The molecule has 0 aromatic carbocycles. The van der Waals surface area contributed by atoms with Crippen LogP contribution in [0.2, 0.25) is 5.15 Å². The van der Waals surface area contributed by atoms with Gasteiger partial charge in [-0.2, -0.15) is 0 Å². The molecule has 0 fully saturated rings. The van der Waals surface area contributed by atoms with Crippen molar-refractivity contribution in [1.29, 1.82) is 0 Å². The summed E-state index contributed by atoms with van der Waals surface area (Å²) in [7, 11) is 1.58. The van der Waals surface area contributed by atoms with E-state index < -0.39 is 0 Å². The molecule has 0 radical (unpaired) electrons. The summed E-state index contributed by atoms with van der Waals surface area (Å²) < 4.78 is 4.90. The van der Waals surface area contributed by atoms with Crippen molar-refractivity contribution in [3.63, 3.8) is 0 Å². The third kappa shape index (κ3) is 1.87. The van der Waals surface area contributed by atoms with E-state index >= 15 is 0 Å². The van der Waals surface area contributed by atoms with Crippen LogP contribution in [0.5, 0.6) is 0 Å². The van der Waals surface area contributed by atoms with Crippen LogP contribution in [-0.2, 0) is 11.3 Å². The molecule has 0 spiro atoms. The van der Waals surface area contributed by atoms with Crippen LogP contribution in [0.4, 0.5) is 0 Å². The normalized spacial score (nSPS) is 10.2. The number of pyridine rings is 1. The number of nitrogens with one attached hydrogen (secondary N) is 1. The third-order valence-corrected chi connectivity index (χ3v) is 1.89. The van der Waals surface area contributed by atoms with E-state index in [4.69, 9.17) is 16.3 Å². The lowest BCUT2D eigenvalue weighted by atomic mass is 10.2. The van der Waals surface area contributed by atoms with Crippen molar-refractivity contribution >= 4 is 11.6 Å². The first-order valence-electron chi connectivity index (χ1n) is 3.52. The van der Waals surface area contributed by atoms with Gasteiger partial charge in [-0.05, 0) is 13.0 Å². The molecule has 0 aliphatic rings. The van der Waals surface area contributed by atoms with E-state index in [9.17, 15) is 4.79 Å². The van der Waals surface area contributed by atoms with Gasteiger partial charge >= 0.3 is 0 Å². The topological polar surface area (TPSA) is 42.1 Å². The monoisotopic (exact) mass is 187 g/mol. The molecule has 0 bridgehead atoms. The largest absolute Gasteiger partial charge is 0.380 e. The number of hydrogen-bond donors (Lipinski definition) is 1. The number of aromatic nitrogens is 1. The summed E-state index contributed by atoms with van der Waals surface area (Å²) in [5.41, 5.74) is 1.29. The molecule has 0 aliphatic carbocycles. The predicted molar refractivity (Wildman–Crippen MR) is 47.5 cm³/mol. The number of methoxy groups -OCH3 is 1. The quantitative estimate of drug-likeness (QED) is 0.713. The average molecular weight is 188 g/mol. The van der Waals surface area contributed by atoms with Gasteiger partial charge in [0.1, 0.15) is 5.15 Å². The lowest BCUT2D eigenvalue weighted by Crippen LogP contribution is -2.10. The van der Waals surface area contributed by atoms with Crippen LogP contribution in [0.1, 0.15) is 11.1 Å². The van der Waals surface area contributed by atoms with Gasteiger partial charge in [0.2, 0.25) is 0 Å². The second kappa shape index (κ2) is 3.74. The molecular formula is C8H10ClNO2. The second-order valence-corrected chi connectivity index (χ2v) is 2.93. The highest BCUT2D eigenvalue weighted by Gasteiger charge is 2.02. The zero-order valence-electron chi connectivity index (χ0n) is 6.98. The molecule has 1 aromatic heterocycles. The lowest BCUT2D eigenvalue weighted by molar-refractivity contribution is 0.184. The fraction of sp³-hybridized carbons (Fsp3) is 0.375. The molecule has 0 aliphatic heterocycles. The molecule has 0 amide bonds. The van der Waals surface area contributed by atoms with Crippen LogP contribution >= 0.6 is 11.6 Å². The minimum Gasteiger partial charge on any atom is -0.380 e. The summed E-state index contributed by atoms with van der Waals surface area (Å²) >= 11 is 5.74. The number of H-pyrrole nitrogens is 1. The van der Waals surface area contributed by atoms with Crippen molar-refractivity contribution in [1.82, 2.24) is 4.98 Å². The maximum atomic E-state index is 11.0. The van der Waals surface area contributed by atoms with Gasteiger partial charge in [-0.3, -0.25) is 4.79 Å². The Bertz CT molecular complexity index is 332. The zero-order valence-corrected chi connectivity index (χ0v) is 7.73. The van der Waals surface area contributed by atoms with Crippen LogP contribution in [0.3, 0.4) is 0 Å². The van der Waals surface area contributed by atoms with E-state index in [1.165, 1.54) is 0 Å². The summed E-state index contributed by atoms with van der Waals surface area (Å²) in [6, 6.07) is 1.73. The summed E-state index contributed by atoms with van der Waals surface area (Å²) in [5, 5.41) is 0.354. The summed E-state index contributed by atoms with van der Waals surface area (Å²) in [6.45, 7) is 2.14. The number of hydrogen-bond acceptors (Lipinski definition) is 2. The van der Waals surface area contributed by atoms with E-state index in [-0.39, 0.29) is 5.56 Å². The molecule has 0 saturated carbocycles. The fourth-order valence-electron chi connectivity index (χ4n) is 0.929. The van der Waals surface area contributed by atoms with Crippen molar-refractivity contribution in [3.8, 4) is 0 Å².